The maximum absolute atomic E-state index is 13.1. The highest BCUT2D eigenvalue weighted by atomic mass is 32.2. The molecular formula is C25H34N4O3S. The molecule has 2 N–H and O–H groups in total. The average molecular weight is 471 g/mol. The van der Waals surface area contributed by atoms with Gasteiger partial charge in [-0.2, -0.15) is 4.31 Å². The number of pyridine rings is 1. The highest BCUT2D eigenvalue weighted by molar-refractivity contribution is 7.89. The van der Waals surface area contributed by atoms with Crippen molar-refractivity contribution in [2.75, 3.05) is 18.4 Å². The predicted molar refractivity (Wildman–Crippen MR) is 129 cm³/mol. The van der Waals surface area contributed by atoms with E-state index in [9.17, 15) is 13.2 Å². The lowest BCUT2D eigenvalue weighted by atomic mass is 9.80. The molecule has 2 amide bonds. The minimum Gasteiger partial charge on any atom is -0.334 e. The van der Waals surface area contributed by atoms with E-state index in [1.807, 2.05) is 12.1 Å². The summed E-state index contributed by atoms with van der Waals surface area (Å²) < 4.78 is 27.8. The molecular weight excluding hydrogens is 436 g/mol. The van der Waals surface area contributed by atoms with E-state index in [1.165, 1.54) is 38.5 Å². The van der Waals surface area contributed by atoms with Crippen LogP contribution in [-0.2, 0) is 16.6 Å². The van der Waals surface area contributed by atoms with Crippen LogP contribution in [0.2, 0.25) is 0 Å². The van der Waals surface area contributed by atoms with E-state index in [-0.39, 0.29) is 10.9 Å². The van der Waals surface area contributed by atoms with Gasteiger partial charge in [-0.1, -0.05) is 38.2 Å². The third-order valence-electron chi connectivity index (χ3n) is 6.89. The van der Waals surface area contributed by atoms with E-state index in [4.69, 9.17) is 0 Å². The fourth-order valence-corrected chi connectivity index (χ4v) is 6.47. The molecule has 2 aromatic rings. The number of urea groups is 1. The zero-order chi connectivity index (χ0) is 23.1. The number of benzene rings is 1. The molecule has 33 heavy (non-hydrogen) atoms. The van der Waals surface area contributed by atoms with Crippen LogP contribution in [0.25, 0.3) is 0 Å². The molecule has 0 bridgehead atoms. The van der Waals surface area contributed by atoms with Crippen molar-refractivity contribution in [2.24, 2.45) is 11.8 Å². The number of amides is 2. The molecule has 0 unspecified atom stereocenters. The van der Waals surface area contributed by atoms with Crippen LogP contribution >= 0.6 is 0 Å². The molecule has 0 spiro atoms. The first-order valence-electron chi connectivity index (χ1n) is 12.0. The van der Waals surface area contributed by atoms with Gasteiger partial charge in [0.1, 0.15) is 0 Å². The second-order valence-corrected chi connectivity index (χ2v) is 11.2. The van der Waals surface area contributed by atoms with E-state index < -0.39 is 10.0 Å². The van der Waals surface area contributed by atoms with Gasteiger partial charge in [0, 0.05) is 37.7 Å². The summed E-state index contributed by atoms with van der Waals surface area (Å²) in [6, 6.07) is 9.74. The molecule has 4 rings (SSSR count). The van der Waals surface area contributed by atoms with Crippen molar-refractivity contribution < 1.29 is 13.2 Å². The highest BCUT2D eigenvalue weighted by Gasteiger charge is 2.30. The molecule has 2 aliphatic rings. The van der Waals surface area contributed by atoms with Crippen LogP contribution < -0.4 is 10.6 Å². The molecule has 178 valence electrons. The second kappa shape index (κ2) is 11.1. The smallest absolute Gasteiger partial charge is 0.319 e. The summed E-state index contributed by atoms with van der Waals surface area (Å²) in [6.45, 7) is 1.55. The van der Waals surface area contributed by atoms with E-state index in [0.717, 1.165) is 24.3 Å². The summed E-state index contributed by atoms with van der Waals surface area (Å²) in [5, 5.41) is 5.50. The molecule has 7 nitrogen and oxygen atoms in total. The number of carbonyl (C=O) groups is 1. The Balaban J connectivity index is 1.26. The Morgan fingerprint density at radius 1 is 0.970 bits per heavy atom. The lowest BCUT2D eigenvalue weighted by Crippen LogP contribution is -2.38. The maximum Gasteiger partial charge on any atom is 0.319 e. The Labute approximate surface area is 197 Å². The molecule has 2 fully saturated rings. The number of carbonyl (C=O) groups excluding carboxylic acids is 1. The van der Waals surface area contributed by atoms with Gasteiger partial charge in [0.15, 0.2) is 0 Å². The summed E-state index contributed by atoms with van der Waals surface area (Å²) in [5.41, 5.74) is 1.44. The SMILES string of the molecule is O=C(NCc1cccnc1)Nc1ccc(S(=O)(=O)N2CCC(CC3CCCCC3)CC2)cc1. The number of piperidine rings is 1. The Morgan fingerprint density at radius 2 is 1.67 bits per heavy atom. The molecule has 8 heteroatoms. The number of rotatable bonds is 7. The Kier molecular flexibility index (Phi) is 7.98. The van der Waals surface area contributed by atoms with Gasteiger partial charge in [-0.15, -0.1) is 0 Å². The zero-order valence-electron chi connectivity index (χ0n) is 19.1. The van der Waals surface area contributed by atoms with E-state index in [1.54, 1.807) is 41.0 Å². The number of aromatic nitrogens is 1. The van der Waals surface area contributed by atoms with Crippen LogP contribution in [0.15, 0.2) is 53.7 Å². The molecule has 1 aliphatic carbocycles. The molecule has 1 saturated heterocycles. The van der Waals surface area contributed by atoms with Crippen molar-refractivity contribution in [2.45, 2.75) is 62.8 Å². The first kappa shape index (κ1) is 23.7. The molecule has 0 atom stereocenters. The van der Waals surface area contributed by atoms with Gasteiger partial charge in [0.05, 0.1) is 4.90 Å². The third kappa shape index (κ3) is 6.54. The molecule has 1 aromatic heterocycles. The van der Waals surface area contributed by atoms with E-state index >= 15 is 0 Å². The van der Waals surface area contributed by atoms with Gasteiger partial charge in [-0.3, -0.25) is 4.98 Å². The first-order chi connectivity index (χ1) is 16.0. The number of hydrogen-bond donors (Lipinski definition) is 2. The van der Waals surface area contributed by atoms with Gasteiger partial charge < -0.3 is 10.6 Å². The fraction of sp³-hybridized carbons (Fsp3) is 0.520. The molecule has 1 aromatic carbocycles. The summed E-state index contributed by atoms with van der Waals surface area (Å²) >= 11 is 0. The van der Waals surface area contributed by atoms with Crippen molar-refractivity contribution in [1.82, 2.24) is 14.6 Å². The second-order valence-electron chi connectivity index (χ2n) is 9.28. The number of sulfonamides is 1. The maximum atomic E-state index is 13.1. The van der Waals surface area contributed by atoms with Gasteiger partial charge in [0.2, 0.25) is 10.0 Å². The van der Waals surface area contributed by atoms with Gasteiger partial charge >= 0.3 is 6.03 Å². The number of hydrogen-bond acceptors (Lipinski definition) is 4. The normalized spacial score (nSPS) is 18.7. The highest BCUT2D eigenvalue weighted by Crippen LogP contribution is 2.34. The lowest BCUT2D eigenvalue weighted by Gasteiger charge is -2.34. The average Bonchev–Trinajstić information content (AvgIpc) is 2.85. The Hall–Kier alpha value is -2.45. The first-order valence-corrected chi connectivity index (χ1v) is 13.5. The van der Waals surface area contributed by atoms with Crippen molar-refractivity contribution in [3.05, 3.63) is 54.4 Å². The number of nitrogens with zero attached hydrogens (tertiary/aromatic N) is 2. The molecule has 1 saturated carbocycles. The standard InChI is InChI=1S/C25H34N4O3S/c30-25(27-19-22-7-4-14-26-18-22)28-23-8-10-24(11-9-23)33(31,32)29-15-12-21(13-16-29)17-20-5-2-1-3-6-20/h4,7-11,14,18,20-21H,1-3,5-6,12-13,15-17,19H2,(H2,27,28,30). The van der Waals surface area contributed by atoms with Gasteiger partial charge in [0.25, 0.3) is 0 Å². The molecule has 2 heterocycles. The van der Waals surface area contributed by atoms with Crippen LogP contribution in [0.5, 0.6) is 0 Å². The van der Waals surface area contributed by atoms with Crippen molar-refractivity contribution >= 4 is 21.7 Å². The van der Waals surface area contributed by atoms with Gasteiger partial charge in [-0.05, 0) is 67.0 Å². The molecule has 0 radical (unpaired) electrons. The van der Waals surface area contributed by atoms with Crippen LogP contribution in [0.3, 0.4) is 0 Å². The summed E-state index contributed by atoms with van der Waals surface area (Å²) in [5.74, 6) is 1.49. The summed E-state index contributed by atoms with van der Waals surface area (Å²) in [7, 11) is -3.51. The van der Waals surface area contributed by atoms with Gasteiger partial charge in [-0.25, -0.2) is 13.2 Å². The third-order valence-corrected chi connectivity index (χ3v) is 8.80. The quantitative estimate of drug-likeness (QED) is 0.609. The predicted octanol–water partition coefficient (Wildman–Crippen LogP) is 4.77. The Morgan fingerprint density at radius 3 is 2.33 bits per heavy atom. The zero-order valence-corrected chi connectivity index (χ0v) is 19.9. The monoisotopic (exact) mass is 470 g/mol. The fourth-order valence-electron chi connectivity index (χ4n) is 5.00. The van der Waals surface area contributed by atoms with E-state index in [0.29, 0.717) is 31.2 Å². The summed E-state index contributed by atoms with van der Waals surface area (Å²) in [6.07, 6.45) is 13.3. The van der Waals surface area contributed by atoms with Crippen LogP contribution in [-0.4, -0.2) is 36.8 Å². The van der Waals surface area contributed by atoms with Crippen LogP contribution in [0, 0.1) is 11.8 Å². The molecule has 1 aliphatic heterocycles. The summed E-state index contributed by atoms with van der Waals surface area (Å²) in [4.78, 5) is 16.4. The van der Waals surface area contributed by atoms with Crippen molar-refractivity contribution in [3.63, 3.8) is 0 Å². The topological polar surface area (TPSA) is 91.4 Å². The van der Waals surface area contributed by atoms with Crippen molar-refractivity contribution in [1.29, 1.82) is 0 Å². The Bertz CT molecular complexity index is 998. The van der Waals surface area contributed by atoms with E-state index in [2.05, 4.69) is 15.6 Å². The van der Waals surface area contributed by atoms with Crippen LogP contribution in [0.4, 0.5) is 10.5 Å². The minimum atomic E-state index is -3.51. The van der Waals surface area contributed by atoms with Crippen molar-refractivity contribution in [3.8, 4) is 0 Å². The lowest BCUT2D eigenvalue weighted by molar-refractivity contribution is 0.214. The number of nitrogens with one attached hydrogen (secondary N) is 2. The van der Waals surface area contributed by atoms with Crippen LogP contribution in [0.1, 0.15) is 56.9 Å². The minimum absolute atomic E-state index is 0.273. The largest absolute Gasteiger partial charge is 0.334 e. The number of anilines is 1.